The number of amides is 1. The van der Waals surface area contributed by atoms with Gasteiger partial charge in [-0.05, 0) is 52.8 Å². The Labute approximate surface area is 194 Å². The van der Waals surface area contributed by atoms with Crippen molar-refractivity contribution in [3.05, 3.63) is 137 Å². The second-order valence-corrected chi connectivity index (χ2v) is 8.68. The first-order valence-electron chi connectivity index (χ1n) is 11.5. The molecule has 0 aromatic heterocycles. The molecule has 33 heavy (non-hydrogen) atoms. The second kappa shape index (κ2) is 9.33. The molecular formula is C30H27NO2. The summed E-state index contributed by atoms with van der Waals surface area (Å²) in [5, 5.41) is 13.5. The van der Waals surface area contributed by atoms with Crippen LogP contribution >= 0.6 is 0 Å². The minimum absolute atomic E-state index is 0.0146. The highest BCUT2D eigenvalue weighted by atomic mass is 16.3. The average Bonchev–Trinajstić information content (AvgIpc) is 2.86. The molecule has 3 heteroatoms. The van der Waals surface area contributed by atoms with Crippen LogP contribution in [0.3, 0.4) is 0 Å². The summed E-state index contributed by atoms with van der Waals surface area (Å²) in [5.41, 5.74) is 5.35. The summed E-state index contributed by atoms with van der Waals surface area (Å²) in [6.45, 7) is 0. The number of phenolic OH excluding ortho intramolecular Hbond substituents is 1. The lowest BCUT2D eigenvalue weighted by molar-refractivity contribution is -0.122. The summed E-state index contributed by atoms with van der Waals surface area (Å²) >= 11 is 0. The van der Waals surface area contributed by atoms with Crippen LogP contribution in [-0.2, 0) is 11.2 Å². The molecule has 0 radical (unpaired) electrons. The van der Waals surface area contributed by atoms with Crippen molar-refractivity contribution in [2.45, 2.75) is 30.7 Å². The van der Waals surface area contributed by atoms with Crippen LogP contribution in [0.2, 0.25) is 0 Å². The Hall–Kier alpha value is -3.85. The van der Waals surface area contributed by atoms with Gasteiger partial charge in [-0.25, -0.2) is 0 Å². The van der Waals surface area contributed by atoms with Gasteiger partial charge in [0.2, 0.25) is 5.91 Å². The SMILES string of the molecule is O=C(N[C@H]1c2ccc(O)cc2CC[C@@H]1c1ccccc1)C(c1ccccc1)c1ccccc1. The molecule has 1 aliphatic rings. The van der Waals surface area contributed by atoms with Gasteiger partial charge in [-0.2, -0.15) is 0 Å². The number of carbonyl (C=O) groups excluding carboxylic acids is 1. The quantitative estimate of drug-likeness (QED) is 0.399. The molecule has 164 valence electrons. The Morgan fingerprint density at radius 1 is 0.788 bits per heavy atom. The number of hydrogen-bond acceptors (Lipinski definition) is 2. The molecule has 0 aliphatic heterocycles. The van der Waals surface area contributed by atoms with Gasteiger partial charge in [-0.15, -0.1) is 0 Å². The molecule has 0 saturated heterocycles. The average molecular weight is 434 g/mol. The summed E-state index contributed by atoms with van der Waals surface area (Å²) in [6, 6.07) is 35.7. The molecule has 2 N–H and O–H groups in total. The Morgan fingerprint density at radius 3 is 1.97 bits per heavy atom. The number of nitrogens with one attached hydrogen (secondary N) is 1. The third kappa shape index (κ3) is 4.40. The fraction of sp³-hybridized carbons (Fsp3) is 0.167. The minimum atomic E-state index is -0.397. The Morgan fingerprint density at radius 2 is 1.36 bits per heavy atom. The minimum Gasteiger partial charge on any atom is -0.508 e. The van der Waals surface area contributed by atoms with Crippen LogP contribution in [0.5, 0.6) is 5.75 Å². The molecule has 1 aliphatic carbocycles. The van der Waals surface area contributed by atoms with E-state index in [9.17, 15) is 9.90 Å². The van der Waals surface area contributed by atoms with Gasteiger partial charge in [0.05, 0.1) is 12.0 Å². The number of phenols is 1. The molecular weight excluding hydrogens is 406 g/mol. The zero-order chi connectivity index (χ0) is 22.6. The smallest absolute Gasteiger partial charge is 0.232 e. The molecule has 0 heterocycles. The summed E-state index contributed by atoms with van der Waals surface area (Å²) in [4.78, 5) is 13.9. The maximum Gasteiger partial charge on any atom is 0.232 e. The fourth-order valence-corrected chi connectivity index (χ4v) is 5.07. The van der Waals surface area contributed by atoms with E-state index in [-0.39, 0.29) is 23.6 Å². The van der Waals surface area contributed by atoms with E-state index in [1.807, 2.05) is 78.9 Å². The van der Waals surface area contributed by atoms with Gasteiger partial charge in [0.25, 0.3) is 0 Å². The number of benzene rings is 4. The van der Waals surface area contributed by atoms with E-state index in [4.69, 9.17) is 0 Å². The van der Waals surface area contributed by atoms with Crippen LogP contribution in [0, 0.1) is 0 Å². The van der Waals surface area contributed by atoms with Gasteiger partial charge < -0.3 is 10.4 Å². The van der Waals surface area contributed by atoms with Crippen molar-refractivity contribution in [1.82, 2.24) is 5.32 Å². The third-order valence-corrected chi connectivity index (χ3v) is 6.64. The van der Waals surface area contributed by atoms with E-state index in [2.05, 4.69) is 29.6 Å². The molecule has 0 saturated carbocycles. The van der Waals surface area contributed by atoms with Gasteiger partial charge in [-0.1, -0.05) is 97.1 Å². The molecule has 0 bridgehead atoms. The Balaban J connectivity index is 1.54. The highest BCUT2D eigenvalue weighted by Crippen LogP contribution is 2.42. The van der Waals surface area contributed by atoms with Gasteiger partial charge in [0.1, 0.15) is 5.75 Å². The predicted molar refractivity (Wildman–Crippen MR) is 131 cm³/mol. The number of fused-ring (bicyclic) bond motifs is 1. The van der Waals surface area contributed by atoms with Crippen LogP contribution in [0.4, 0.5) is 0 Å². The van der Waals surface area contributed by atoms with Crippen molar-refractivity contribution in [2.24, 2.45) is 0 Å². The fourth-order valence-electron chi connectivity index (χ4n) is 5.07. The summed E-state index contributed by atoms with van der Waals surface area (Å²) in [5.74, 6) is 0.0217. The first-order chi connectivity index (χ1) is 16.2. The standard InChI is InChI=1S/C30H27NO2/c32-25-17-19-27-24(20-25)16-18-26(21-10-4-1-5-11-21)29(27)31-30(33)28(22-12-6-2-7-13-22)23-14-8-3-9-15-23/h1-15,17,19-20,26,28-29,32H,16,18H2,(H,31,33)/t26-,29-/m1/s1. The van der Waals surface area contributed by atoms with Crippen LogP contribution in [0.1, 0.15) is 52.1 Å². The van der Waals surface area contributed by atoms with E-state index in [0.29, 0.717) is 0 Å². The van der Waals surface area contributed by atoms with Crippen molar-refractivity contribution < 1.29 is 9.90 Å². The lowest BCUT2D eigenvalue weighted by atomic mass is 9.76. The van der Waals surface area contributed by atoms with E-state index in [0.717, 1.165) is 35.1 Å². The van der Waals surface area contributed by atoms with Gasteiger partial charge in [0.15, 0.2) is 0 Å². The number of aromatic hydroxyl groups is 1. The first kappa shape index (κ1) is 21.0. The Bertz CT molecular complexity index is 1180. The number of rotatable bonds is 5. The van der Waals surface area contributed by atoms with E-state index < -0.39 is 5.92 Å². The third-order valence-electron chi connectivity index (χ3n) is 6.64. The maximum atomic E-state index is 13.9. The largest absolute Gasteiger partial charge is 0.508 e. The lowest BCUT2D eigenvalue weighted by Gasteiger charge is -2.35. The zero-order valence-electron chi connectivity index (χ0n) is 18.4. The predicted octanol–water partition coefficient (Wildman–Crippen LogP) is 6.11. The van der Waals surface area contributed by atoms with Crippen molar-refractivity contribution in [3.8, 4) is 5.75 Å². The molecule has 0 spiro atoms. The normalized spacial score (nSPS) is 17.4. The maximum absolute atomic E-state index is 13.9. The molecule has 5 rings (SSSR count). The van der Waals surface area contributed by atoms with Crippen LogP contribution < -0.4 is 5.32 Å². The van der Waals surface area contributed by atoms with Crippen molar-refractivity contribution >= 4 is 5.91 Å². The van der Waals surface area contributed by atoms with Gasteiger partial charge in [-0.3, -0.25) is 4.79 Å². The van der Waals surface area contributed by atoms with Crippen LogP contribution in [0.15, 0.2) is 109 Å². The van der Waals surface area contributed by atoms with Crippen molar-refractivity contribution in [3.63, 3.8) is 0 Å². The van der Waals surface area contributed by atoms with Crippen LogP contribution in [-0.4, -0.2) is 11.0 Å². The van der Waals surface area contributed by atoms with Crippen LogP contribution in [0.25, 0.3) is 0 Å². The van der Waals surface area contributed by atoms with E-state index >= 15 is 0 Å². The molecule has 4 aromatic rings. The number of aryl methyl sites for hydroxylation is 1. The summed E-state index contributed by atoms with van der Waals surface area (Å²) in [7, 11) is 0. The molecule has 1 amide bonds. The molecule has 3 nitrogen and oxygen atoms in total. The summed E-state index contributed by atoms with van der Waals surface area (Å²) in [6.07, 6.45) is 1.78. The summed E-state index contributed by atoms with van der Waals surface area (Å²) < 4.78 is 0. The highest BCUT2D eigenvalue weighted by molar-refractivity contribution is 5.87. The monoisotopic (exact) mass is 433 g/mol. The van der Waals surface area contributed by atoms with Gasteiger partial charge in [0, 0.05) is 5.92 Å². The van der Waals surface area contributed by atoms with Crippen molar-refractivity contribution in [1.29, 1.82) is 0 Å². The number of carbonyl (C=O) groups is 1. The molecule has 0 fully saturated rings. The second-order valence-electron chi connectivity index (χ2n) is 8.68. The number of hydrogen-bond donors (Lipinski definition) is 2. The lowest BCUT2D eigenvalue weighted by Crippen LogP contribution is -2.38. The van der Waals surface area contributed by atoms with E-state index in [1.54, 1.807) is 6.07 Å². The molecule has 2 atom stereocenters. The molecule has 4 aromatic carbocycles. The first-order valence-corrected chi connectivity index (χ1v) is 11.5. The Kier molecular flexibility index (Phi) is 5.95. The zero-order valence-corrected chi connectivity index (χ0v) is 18.4. The topological polar surface area (TPSA) is 49.3 Å². The van der Waals surface area contributed by atoms with Crippen molar-refractivity contribution in [2.75, 3.05) is 0 Å². The van der Waals surface area contributed by atoms with Gasteiger partial charge >= 0.3 is 0 Å². The van der Waals surface area contributed by atoms with E-state index in [1.165, 1.54) is 5.56 Å². The highest BCUT2D eigenvalue weighted by Gasteiger charge is 2.34. The molecule has 0 unspecified atom stereocenters.